The SMILES string of the molecule is c1ccc(-c2ccc3cc(N4CCCC4)cc(N4CCCC4)c3n2)nc1. The quantitative estimate of drug-likeness (QED) is 0.700. The Kier molecular flexibility index (Phi) is 3.96. The third kappa shape index (κ3) is 2.79. The van der Waals surface area contributed by atoms with Gasteiger partial charge >= 0.3 is 0 Å². The first kappa shape index (κ1) is 15.6. The fourth-order valence-corrected chi connectivity index (χ4v) is 4.21. The fourth-order valence-electron chi connectivity index (χ4n) is 4.21. The molecule has 1 aromatic carbocycles. The molecule has 2 aliphatic rings. The fraction of sp³-hybridized carbons (Fsp3) is 0.364. The van der Waals surface area contributed by atoms with Crippen LogP contribution in [0.1, 0.15) is 25.7 Å². The molecule has 0 radical (unpaired) electrons. The molecule has 132 valence electrons. The lowest BCUT2D eigenvalue weighted by Gasteiger charge is -2.24. The van der Waals surface area contributed by atoms with Crippen molar-refractivity contribution in [2.75, 3.05) is 36.0 Å². The number of fused-ring (bicyclic) bond motifs is 1. The van der Waals surface area contributed by atoms with Crippen LogP contribution in [0.15, 0.2) is 48.7 Å². The van der Waals surface area contributed by atoms with Crippen LogP contribution in [0.4, 0.5) is 11.4 Å². The molecule has 2 fully saturated rings. The third-order valence-corrected chi connectivity index (χ3v) is 5.60. The number of hydrogen-bond donors (Lipinski definition) is 0. The molecule has 4 heteroatoms. The second-order valence-corrected chi connectivity index (χ2v) is 7.34. The van der Waals surface area contributed by atoms with E-state index in [1.807, 2.05) is 24.4 Å². The number of hydrogen-bond acceptors (Lipinski definition) is 4. The molecule has 4 heterocycles. The lowest BCUT2D eigenvalue weighted by Crippen LogP contribution is -2.21. The minimum Gasteiger partial charge on any atom is -0.371 e. The Morgan fingerprint density at radius 3 is 2.23 bits per heavy atom. The van der Waals surface area contributed by atoms with E-state index in [0.29, 0.717) is 0 Å². The smallest absolute Gasteiger partial charge is 0.0945 e. The van der Waals surface area contributed by atoms with E-state index in [0.717, 1.165) is 30.0 Å². The third-order valence-electron chi connectivity index (χ3n) is 5.60. The molecule has 0 unspecified atom stereocenters. The van der Waals surface area contributed by atoms with Crippen molar-refractivity contribution in [3.8, 4) is 11.4 Å². The summed E-state index contributed by atoms with van der Waals surface area (Å²) >= 11 is 0. The van der Waals surface area contributed by atoms with E-state index in [1.165, 1.54) is 55.5 Å². The zero-order chi connectivity index (χ0) is 17.3. The maximum Gasteiger partial charge on any atom is 0.0945 e. The van der Waals surface area contributed by atoms with Crippen molar-refractivity contribution < 1.29 is 0 Å². The van der Waals surface area contributed by atoms with E-state index < -0.39 is 0 Å². The molecular weight excluding hydrogens is 320 g/mol. The van der Waals surface area contributed by atoms with E-state index in [1.54, 1.807) is 0 Å². The first-order chi connectivity index (χ1) is 12.9. The summed E-state index contributed by atoms with van der Waals surface area (Å²) in [5.41, 5.74) is 5.64. The Hall–Kier alpha value is -2.62. The van der Waals surface area contributed by atoms with Gasteiger partial charge in [0.15, 0.2) is 0 Å². The second kappa shape index (κ2) is 6.60. The molecule has 0 spiro atoms. The molecule has 0 atom stereocenters. The maximum absolute atomic E-state index is 5.04. The lowest BCUT2D eigenvalue weighted by molar-refractivity contribution is 0.949. The Labute approximate surface area is 154 Å². The molecule has 0 aliphatic carbocycles. The second-order valence-electron chi connectivity index (χ2n) is 7.34. The molecule has 5 rings (SSSR count). The van der Waals surface area contributed by atoms with Gasteiger partial charge in [0.1, 0.15) is 0 Å². The Morgan fingerprint density at radius 1 is 0.731 bits per heavy atom. The van der Waals surface area contributed by atoms with Gasteiger partial charge in [-0.15, -0.1) is 0 Å². The molecule has 2 aromatic heterocycles. The zero-order valence-electron chi connectivity index (χ0n) is 15.1. The van der Waals surface area contributed by atoms with Gasteiger partial charge in [0, 0.05) is 43.4 Å². The minimum atomic E-state index is 0.936. The summed E-state index contributed by atoms with van der Waals surface area (Å²) in [6.07, 6.45) is 6.98. The van der Waals surface area contributed by atoms with Gasteiger partial charge in [-0.3, -0.25) is 4.98 Å². The molecule has 0 saturated carbocycles. The summed E-state index contributed by atoms with van der Waals surface area (Å²) < 4.78 is 0. The standard InChI is InChI=1S/C22H24N4/c1-2-10-23-19(7-1)20-9-8-17-15-18(25-11-3-4-12-25)16-21(22(17)24-20)26-13-5-6-14-26/h1-2,7-10,15-16H,3-6,11-14H2. The van der Waals surface area contributed by atoms with Gasteiger partial charge in [0.2, 0.25) is 0 Å². The van der Waals surface area contributed by atoms with Gasteiger partial charge in [-0.25, -0.2) is 4.98 Å². The van der Waals surface area contributed by atoms with Crippen LogP contribution in [-0.2, 0) is 0 Å². The Bertz CT molecular complexity index is 910. The van der Waals surface area contributed by atoms with Crippen LogP contribution < -0.4 is 9.80 Å². The Balaban J connectivity index is 1.66. The van der Waals surface area contributed by atoms with Crippen LogP contribution in [0.2, 0.25) is 0 Å². The molecule has 2 aliphatic heterocycles. The predicted molar refractivity (Wildman–Crippen MR) is 108 cm³/mol. The van der Waals surface area contributed by atoms with Crippen molar-refractivity contribution in [1.29, 1.82) is 0 Å². The Morgan fingerprint density at radius 2 is 1.50 bits per heavy atom. The average molecular weight is 344 g/mol. The highest BCUT2D eigenvalue weighted by molar-refractivity contribution is 5.95. The summed E-state index contributed by atoms with van der Waals surface area (Å²) in [5, 5.41) is 1.23. The zero-order valence-corrected chi connectivity index (χ0v) is 15.1. The molecule has 4 nitrogen and oxygen atoms in total. The number of aromatic nitrogens is 2. The molecule has 0 N–H and O–H groups in total. The first-order valence-electron chi connectivity index (χ1n) is 9.75. The summed E-state index contributed by atoms with van der Waals surface area (Å²) in [6, 6.07) is 15.0. The van der Waals surface area contributed by atoms with Crippen LogP contribution in [0.25, 0.3) is 22.3 Å². The lowest BCUT2D eigenvalue weighted by atomic mass is 10.1. The monoisotopic (exact) mass is 344 g/mol. The van der Waals surface area contributed by atoms with Gasteiger partial charge < -0.3 is 9.80 Å². The molecular formula is C22H24N4. The largest absolute Gasteiger partial charge is 0.371 e. The highest BCUT2D eigenvalue weighted by Crippen LogP contribution is 2.35. The topological polar surface area (TPSA) is 32.3 Å². The number of rotatable bonds is 3. The highest BCUT2D eigenvalue weighted by atomic mass is 15.2. The van der Waals surface area contributed by atoms with E-state index in [9.17, 15) is 0 Å². The van der Waals surface area contributed by atoms with Gasteiger partial charge in [-0.2, -0.15) is 0 Å². The summed E-state index contributed by atoms with van der Waals surface area (Å²) in [5.74, 6) is 0. The van der Waals surface area contributed by atoms with E-state index in [2.05, 4.69) is 39.0 Å². The average Bonchev–Trinajstić information content (AvgIpc) is 3.41. The van der Waals surface area contributed by atoms with Gasteiger partial charge in [-0.05, 0) is 56.0 Å². The van der Waals surface area contributed by atoms with Crippen LogP contribution >= 0.6 is 0 Å². The summed E-state index contributed by atoms with van der Waals surface area (Å²) in [6.45, 7) is 4.61. The van der Waals surface area contributed by atoms with Crippen molar-refractivity contribution in [2.45, 2.75) is 25.7 Å². The van der Waals surface area contributed by atoms with Crippen LogP contribution in [-0.4, -0.2) is 36.1 Å². The van der Waals surface area contributed by atoms with Crippen molar-refractivity contribution in [2.24, 2.45) is 0 Å². The molecule has 0 bridgehead atoms. The van der Waals surface area contributed by atoms with Gasteiger partial charge in [0.05, 0.1) is 22.6 Å². The normalized spacial score (nSPS) is 17.4. The van der Waals surface area contributed by atoms with Crippen molar-refractivity contribution in [3.63, 3.8) is 0 Å². The first-order valence-corrected chi connectivity index (χ1v) is 9.75. The maximum atomic E-state index is 5.04. The number of pyridine rings is 2. The molecule has 2 saturated heterocycles. The van der Waals surface area contributed by atoms with Crippen LogP contribution in [0.3, 0.4) is 0 Å². The van der Waals surface area contributed by atoms with E-state index in [4.69, 9.17) is 4.98 Å². The molecule has 3 aromatic rings. The summed E-state index contributed by atoms with van der Waals surface area (Å²) in [7, 11) is 0. The van der Waals surface area contributed by atoms with Crippen LogP contribution in [0.5, 0.6) is 0 Å². The molecule has 0 amide bonds. The van der Waals surface area contributed by atoms with Crippen molar-refractivity contribution in [1.82, 2.24) is 9.97 Å². The van der Waals surface area contributed by atoms with E-state index in [-0.39, 0.29) is 0 Å². The number of benzene rings is 1. The van der Waals surface area contributed by atoms with Crippen molar-refractivity contribution in [3.05, 3.63) is 48.7 Å². The van der Waals surface area contributed by atoms with Crippen LogP contribution in [0, 0.1) is 0 Å². The minimum absolute atomic E-state index is 0.936. The molecule has 26 heavy (non-hydrogen) atoms. The predicted octanol–water partition coefficient (Wildman–Crippen LogP) is 4.50. The van der Waals surface area contributed by atoms with Crippen molar-refractivity contribution >= 4 is 22.3 Å². The highest BCUT2D eigenvalue weighted by Gasteiger charge is 2.20. The number of anilines is 2. The van der Waals surface area contributed by atoms with Gasteiger partial charge in [0.25, 0.3) is 0 Å². The van der Waals surface area contributed by atoms with E-state index >= 15 is 0 Å². The van der Waals surface area contributed by atoms with Gasteiger partial charge in [-0.1, -0.05) is 12.1 Å². The summed E-state index contributed by atoms with van der Waals surface area (Å²) in [4.78, 5) is 14.5. The number of nitrogens with zero attached hydrogens (tertiary/aromatic N) is 4.